The quantitative estimate of drug-likeness (QED) is 0.348. The summed E-state index contributed by atoms with van der Waals surface area (Å²) in [5.74, 6) is 0.945. The van der Waals surface area contributed by atoms with Crippen LogP contribution in [0.3, 0.4) is 0 Å². The molecular weight excluding hydrogens is 373 g/mol. The first kappa shape index (κ1) is 18.9. The molecule has 3 N–H and O–H groups in total. The van der Waals surface area contributed by atoms with E-state index in [-0.39, 0.29) is 11.5 Å². The molecule has 0 saturated carbocycles. The van der Waals surface area contributed by atoms with Gasteiger partial charge in [0, 0.05) is 12.1 Å². The Kier molecular flexibility index (Phi) is 6.05. The first-order chi connectivity index (χ1) is 13.0. The van der Waals surface area contributed by atoms with Gasteiger partial charge in [0.2, 0.25) is 0 Å². The Balaban J connectivity index is 1.46. The van der Waals surface area contributed by atoms with E-state index in [9.17, 15) is 14.5 Å². The van der Waals surface area contributed by atoms with Gasteiger partial charge in [-0.2, -0.15) is 0 Å². The van der Waals surface area contributed by atoms with Gasteiger partial charge in [-0.05, 0) is 30.3 Å². The van der Waals surface area contributed by atoms with Crippen molar-refractivity contribution in [3.05, 3.63) is 81.3 Å². The van der Waals surface area contributed by atoms with Crippen LogP contribution in [0.5, 0.6) is 0 Å². The van der Waals surface area contributed by atoms with Crippen LogP contribution in [0.2, 0.25) is 5.02 Å². The second-order valence-electron chi connectivity index (χ2n) is 5.88. The molecule has 0 spiro atoms. The summed E-state index contributed by atoms with van der Waals surface area (Å²) in [6, 6.07) is 14.4. The summed E-state index contributed by atoms with van der Waals surface area (Å²) in [6.07, 6.45) is 0. The standard InChI is InChI=1S/C19H17ClFN3O3/c20-16-11-13(24(25)26)5-7-18(16)23-10-9-22-12-14-6-8-19(27-14)15-3-1-2-4-17(15)21/h1-8,11,22-23H,9-10,12H2/p+1. The van der Waals surface area contributed by atoms with Gasteiger partial charge in [-0.25, -0.2) is 4.39 Å². The maximum absolute atomic E-state index is 13.8. The van der Waals surface area contributed by atoms with Crippen LogP contribution in [0.25, 0.3) is 11.3 Å². The zero-order valence-electron chi connectivity index (χ0n) is 14.3. The third-order valence-electron chi connectivity index (χ3n) is 3.97. The summed E-state index contributed by atoms with van der Waals surface area (Å²) < 4.78 is 19.5. The smallest absolute Gasteiger partial charge is 0.271 e. The summed E-state index contributed by atoms with van der Waals surface area (Å²) in [5.41, 5.74) is 1.05. The van der Waals surface area contributed by atoms with Crippen molar-refractivity contribution in [1.29, 1.82) is 0 Å². The SMILES string of the molecule is O=[N+]([O-])c1ccc(NCC[NH2+]Cc2ccc(-c3ccccc3F)o2)c(Cl)c1. The van der Waals surface area contributed by atoms with E-state index in [1.54, 1.807) is 30.3 Å². The largest absolute Gasteiger partial charge is 0.455 e. The predicted molar refractivity (Wildman–Crippen MR) is 101 cm³/mol. The number of anilines is 1. The number of nitro benzene ring substituents is 1. The van der Waals surface area contributed by atoms with Gasteiger partial charge in [0.25, 0.3) is 5.69 Å². The second kappa shape index (κ2) is 8.66. The van der Waals surface area contributed by atoms with Crippen molar-refractivity contribution in [2.45, 2.75) is 6.54 Å². The van der Waals surface area contributed by atoms with Crippen LogP contribution in [-0.2, 0) is 6.54 Å². The predicted octanol–water partition coefficient (Wildman–Crippen LogP) is 3.82. The molecular formula is C19H18ClFN3O3+. The number of benzene rings is 2. The van der Waals surface area contributed by atoms with Crippen molar-refractivity contribution < 1.29 is 19.0 Å². The van der Waals surface area contributed by atoms with E-state index in [0.29, 0.717) is 35.1 Å². The van der Waals surface area contributed by atoms with Gasteiger partial charge in [0.15, 0.2) is 5.76 Å². The number of hydrogen-bond acceptors (Lipinski definition) is 4. The number of rotatable bonds is 8. The minimum Gasteiger partial charge on any atom is -0.455 e. The lowest BCUT2D eigenvalue weighted by molar-refractivity contribution is -0.669. The molecule has 8 heteroatoms. The average Bonchev–Trinajstić information content (AvgIpc) is 3.11. The normalized spacial score (nSPS) is 10.7. The van der Waals surface area contributed by atoms with Crippen molar-refractivity contribution in [2.24, 2.45) is 0 Å². The third-order valence-corrected chi connectivity index (χ3v) is 4.29. The number of non-ortho nitro benzene ring substituents is 1. The Morgan fingerprint density at radius 3 is 2.74 bits per heavy atom. The molecule has 140 valence electrons. The number of nitrogens with two attached hydrogens (primary N) is 1. The summed E-state index contributed by atoms with van der Waals surface area (Å²) in [6.45, 7) is 1.98. The highest BCUT2D eigenvalue weighted by atomic mass is 35.5. The molecule has 0 radical (unpaired) electrons. The molecule has 0 aliphatic rings. The molecule has 1 heterocycles. The van der Waals surface area contributed by atoms with Crippen LogP contribution in [0.1, 0.15) is 5.76 Å². The van der Waals surface area contributed by atoms with Crippen LogP contribution in [0.15, 0.2) is 59.0 Å². The van der Waals surface area contributed by atoms with Crippen LogP contribution in [-0.4, -0.2) is 18.0 Å². The van der Waals surface area contributed by atoms with Gasteiger partial charge >= 0.3 is 0 Å². The van der Waals surface area contributed by atoms with Crippen LogP contribution in [0, 0.1) is 15.9 Å². The molecule has 2 aromatic carbocycles. The molecule has 0 aliphatic carbocycles. The molecule has 6 nitrogen and oxygen atoms in total. The molecule has 0 aliphatic heterocycles. The molecule has 0 saturated heterocycles. The monoisotopic (exact) mass is 390 g/mol. The molecule has 0 atom stereocenters. The van der Waals surface area contributed by atoms with Gasteiger partial charge < -0.3 is 15.1 Å². The second-order valence-corrected chi connectivity index (χ2v) is 6.28. The molecule has 0 bridgehead atoms. The molecule has 3 aromatic rings. The van der Waals surface area contributed by atoms with E-state index in [4.69, 9.17) is 16.0 Å². The number of hydrogen-bond donors (Lipinski definition) is 2. The number of nitrogens with one attached hydrogen (secondary N) is 1. The highest BCUT2D eigenvalue weighted by Crippen LogP contribution is 2.26. The summed E-state index contributed by atoms with van der Waals surface area (Å²) in [5, 5.41) is 16.2. The summed E-state index contributed by atoms with van der Waals surface area (Å²) in [4.78, 5) is 10.2. The van der Waals surface area contributed by atoms with E-state index in [0.717, 1.165) is 12.3 Å². The first-order valence-electron chi connectivity index (χ1n) is 8.37. The van der Waals surface area contributed by atoms with Gasteiger partial charge in [0.1, 0.15) is 18.1 Å². The number of nitrogens with zero attached hydrogens (tertiary/aromatic N) is 1. The van der Waals surface area contributed by atoms with Crippen molar-refractivity contribution in [3.8, 4) is 11.3 Å². The maximum atomic E-state index is 13.8. The van der Waals surface area contributed by atoms with Crippen molar-refractivity contribution in [1.82, 2.24) is 0 Å². The maximum Gasteiger partial charge on any atom is 0.271 e. The highest BCUT2D eigenvalue weighted by Gasteiger charge is 2.11. The van der Waals surface area contributed by atoms with E-state index < -0.39 is 4.92 Å². The lowest BCUT2D eigenvalue weighted by Gasteiger charge is -2.07. The van der Waals surface area contributed by atoms with Gasteiger partial charge in [-0.1, -0.05) is 23.7 Å². The van der Waals surface area contributed by atoms with Crippen molar-refractivity contribution in [3.63, 3.8) is 0 Å². The fraction of sp³-hybridized carbons (Fsp3) is 0.158. The van der Waals surface area contributed by atoms with E-state index in [1.165, 1.54) is 18.2 Å². The zero-order chi connectivity index (χ0) is 19.2. The van der Waals surface area contributed by atoms with Gasteiger partial charge in [-0.3, -0.25) is 10.1 Å². The lowest BCUT2D eigenvalue weighted by atomic mass is 10.1. The zero-order valence-corrected chi connectivity index (χ0v) is 15.1. The Hall–Kier alpha value is -2.90. The highest BCUT2D eigenvalue weighted by molar-refractivity contribution is 6.33. The summed E-state index contributed by atoms with van der Waals surface area (Å²) in [7, 11) is 0. The first-order valence-corrected chi connectivity index (χ1v) is 8.75. The molecule has 0 fully saturated rings. The number of furan rings is 1. The van der Waals surface area contributed by atoms with Crippen LogP contribution < -0.4 is 10.6 Å². The van der Waals surface area contributed by atoms with E-state index in [2.05, 4.69) is 5.32 Å². The molecule has 0 amide bonds. The fourth-order valence-electron chi connectivity index (χ4n) is 2.61. The minimum absolute atomic E-state index is 0.0411. The molecule has 3 rings (SSSR count). The van der Waals surface area contributed by atoms with Crippen LogP contribution >= 0.6 is 11.6 Å². The number of halogens is 2. The van der Waals surface area contributed by atoms with E-state index >= 15 is 0 Å². The van der Waals surface area contributed by atoms with Gasteiger partial charge in [-0.15, -0.1) is 0 Å². The average molecular weight is 391 g/mol. The Labute approximate surface area is 160 Å². The van der Waals surface area contributed by atoms with Crippen molar-refractivity contribution >= 4 is 23.0 Å². The summed E-state index contributed by atoms with van der Waals surface area (Å²) >= 11 is 6.03. The lowest BCUT2D eigenvalue weighted by Crippen LogP contribution is -2.83. The van der Waals surface area contributed by atoms with Crippen LogP contribution in [0.4, 0.5) is 15.8 Å². The Morgan fingerprint density at radius 1 is 1.19 bits per heavy atom. The molecule has 0 unspecified atom stereocenters. The number of quaternary nitrogens is 1. The minimum atomic E-state index is -0.484. The van der Waals surface area contributed by atoms with Gasteiger partial charge in [0.05, 0.1) is 34.3 Å². The Morgan fingerprint density at radius 2 is 2.00 bits per heavy atom. The third kappa shape index (κ3) is 4.84. The fourth-order valence-corrected chi connectivity index (χ4v) is 2.85. The topological polar surface area (TPSA) is 84.9 Å². The van der Waals surface area contributed by atoms with E-state index in [1.807, 2.05) is 11.4 Å². The number of nitro groups is 1. The molecule has 1 aromatic heterocycles. The van der Waals surface area contributed by atoms with Crippen molar-refractivity contribution in [2.75, 3.05) is 18.4 Å². The molecule has 27 heavy (non-hydrogen) atoms. The Bertz CT molecular complexity index is 945.